The Kier molecular flexibility index (Phi) is 7.64. The average Bonchev–Trinajstić information content (AvgIpc) is 2.40. The number of rotatable bonds is 9. The van der Waals surface area contributed by atoms with Crippen molar-refractivity contribution in [2.45, 2.75) is 72.6 Å². The van der Waals surface area contributed by atoms with E-state index in [0.29, 0.717) is 6.61 Å². The molecule has 2 nitrogen and oxygen atoms in total. The van der Waals surface area contributed by atoms with E-state index in [9.17, 15) is 4.79 Å². The fourth-order valence-electron chi connectivity index (χ4n) is 2.71. The molecule has 1 aliphatic rings. The van der Waals surface area contributed by atoms with Crippen LogP contribution in [0.5, 0.6) is 0 Å². The van der Waals surface area contributed by atoms with Gasteiger partial charge in [-0.15, -0.1) is 0 Å². The molecule has 0 aromatic rings. The smallest absolute Gasteiger partial charge is 0.333 e. The lowest BCUT2D eigenvalue weighted by molar-refractivity contribution is -0.138. The topological polar surface area (TPSA) is 26.3 Å². The van der Waals surface area contributed by atoms with Crippen LogP contribution in [0.15, 0.2) is 22.8 Å². The van der Waals surface area contributed by atoms with Gasteiger partial charge in [0, 0.05) is 5.57 Å². The monoisotopic (exact) mass is 278 g/mol. The predicted octanol–water partition coefficient (Wildman–Crippen LogP) is 5.19. The summed E-state index contributed by atoms with van der Waals surface area (Å²) in [6, 6.07) is 0. The van der Waals surface area contributed by atoms with Gasteiger partial charge in [0.25, 0.3) is 0 Å². The summed E-state index contributed by atoms with van der Waals surface area (Å²) in [7, 11) is 0. The van der Waals surface area contributed by atoms with E-state index < -0.39 is 0 Å². The Bertz CT molecular complexity index is 377. The Morgan fingerprint density at radius 2 is 2.00 bits per heavy atom. The molecule has 1 atom stereocenters. The fraction of sp³-hybridized carbons (Fsp3) is 0.722. The van der Waals surface area contributed by atoms with Crippen molar-refractivity contribution in [3.8, 4) is 0 Å². The normalized spacial score (nSPS) is 18.1. The maximum absolute atomic E-state index is 11.6. The van der Waals surface area contributed by atoms with Crippen molar-refractivity contribution in [3.05, 3.63) is 22.8 Å². The predicted molar refractivity (Wildman–Crippen MR) is 84.6 cm³/mol. The Morgan fingerprint density at radius 3 is 2.55 bits per heavy atom. The van der Waals surface area contributed by atoms with E-state index in [1.165, 1.54) is 49.7 Å². The largest absolute Gasteiger partial charge is 0.463 e. The highest BCUT2D eigenvalue weighted by Gasteiger charge is 2.20. The van der Waals surface area contributed by atoms with Crippen LogP contribution in [0.25, 0.3) is 0 Å². The first-order valence-electron chi connectivity index (χ1n) is 8.18. The van der Waals surface area contributed by atoms with E-state index in [1.807, 2.05) is 13.8 Å². The van der Waals surface area contributed by atoms with E-state index in [2.05, 4.69) is 19.9 Å². The summed E-state index contributed by atoms with van der Waals surface area (Å²) in [5.41, 5.74) is 3.46. The highest BCUT2D eigenvalue weighted by atomic mass is 16.5. The summed E-state index contributed by atoms with van der Waals surface area (Å²) >= 11 is 0. The molecule has 0 aromatic heterocycles. The van der Waals surface area contributed by atoms with Gasteiger partial charge in [-0.05, 0) is 38.2 Å². The Labute approximate surface area is 124 Å². The van der Waals surface area contributed by atoms with Crippen molar-refractivity contribution < 1.29 is 9.53 Å². The first kappa shape index (κ1) is 17.0. The van der Waals surface area contributed by atoms with E-state index in [4.69, 9.17) is 4.74 Å². The molecule has 0 spiro atoms. The summed E-state index contributed by atoms with van der Waals surface area (Å²) in [6.07, 6.45) is 11.0. The molecule has 0 fully saturated rings. The molecule has 0 heterocycles. The lowest BCUT2D eigenvalue weighted by Gasteiger charge is -2.24. The maximum Gasteiger partial charge on any atom is 0.333 e. The third kappa shape index (κ3) is 5.15. The van der Waals surface area contributed by atoms with Gasteiger partial charge in [-0.25, -0.2) is 4.79 Å². The van der Waals surface area contributed by atoms with Crippen LogP contribution in [-0.2, 0) is 9.53 Å². The van der Waals surface area contributed by atoms with Crippen LogP contribution in [0.1, 0.15) is 72.6 Å². The molecular formula is C18H30O2. The fourth-order valence-corrected chi connectivity index (χ4v) is 2.71. The van der Waals surface area contributed by atoms with Gasteiger partial charge in [0.2, 0.25) is 0 Å². The van der Waals surface area contributed by atoms with Crippen molar-refractivity contribution in [3.63, 3.8) is 0 Å². The molecule has 1 rings (SSSR count). The zero-order valence-electron chi connectivity index (χ0n) is 13.6. The van der Waals surface area contributed by atoms with Gasteiger partial charge in [-0.3, -0.25) is 0 Å². The molecule has 20 heavy (non-hydrogen) atoms. The summed E-state index contributed by atoms with van der Waals surface area (Å²) in [5.74, 6) is 0.657. The summed E-state index contributed by atoms with van der Waals surface area (Å²) in [6.45, 7) is 8.72. The minimum absolute atomic E-state index is 0.159. The Balaban J connectivity index is 2.46. The molecule has 0 amide bonds. The SMILES string of the molecule is CCCCCC(CC)CC1=CC(=C(C)C(=O)OCC)C1. The maximum atomic E-state index is 11.6. The number of carbonyl (C=O) groups is 1. The zero-order chi connectivity index (χ0) is 15.0. The summed E-state index contributed by atoms with van der Waals surface area (Å²) in [5, 5.41) is 0. The third-order valence-corrected chi connectivity index (χ3v) is 4.20. The quantitative estimate of drug-likeness (QED) is 0.329. The van der Waals surface area contributed by atoms with Gasteiger partial charge < -0.3 is 4.74 Å². The first-order chi connectivity index (χ1) is 9.62. The average molecular weight is 278 g/mol. The van der Waals surface area contributed by atoms with Crippen LogP contribution < -0.4 is 0 Å². The highest BCUT2D eigenvalue weighted by molar-refractivity contribution is 5.90. The highest BCUT2D eigenvalue weighted by Crippen LogP contribution is 2.34. The molecular weight excluding hydrogens is 248 g/mol. The zero-order valence-corrected chi connectivity index (χ0v) is 13.6. The second-order valence-electron chi connectivity index (χ2n) is 5.82. The van der Waals surface area contributed by atoms with Gasteiger partial charge in [0.1, 0.15) is 0 Å². The Morgan fingerprint density at radius 1 is 1.30 bits per heavy atom. The Hall–Kier alpha value is -1.05. The van der Waals surface area contributed by atoms with Gasteiger partial charge in [0.05, 0.1) is 6.61 Å². The molecule has 1 unspecified atom stereocenters. The number of esters is 1. The van der Waals surface area contributed by atoms with Gasteiger partial charge in [-0.1, -0.05) is 57.6 Å². The van der Waals surface area contributed by atoms with Crippen molar-refractivity contribution in [1.29, 1.82) is 0 Å². The van der Waals surface area contributed by atoms with Crippen molar-refractivity contribution in [2.75, 3.05) is 6.61 Å². The lowest BCUT2D eigenvalue weighted by Crippen LogP contribution is -2.13. The van der Waals surface area contributed by atoms with E-state index in [-0.39, 0.29) is 5.97 Å². The van der Waals surface area contributed by atoms with Crippen LogP contribution in [0.2, 0.25) is 0 Å². The van der Waals surface area contributed by atoms with E-state index in [0.717, 1.165) is 17.9 Å². The van der Waals surface area contributed by atoms with Gasteiger partial charge in [-0.2, -0.15) is 0 Å². The molecule has 0 aromatic carbocycles. The third-order valence-electron chi connectivity index (χ3n) is 4.20. The minimum atomic E-state index is -0.159. The molecule has 0 saturated heterocycles. The van der Waals surface area contributed by atoms with Crippen LogP contribution >= 0.6 is 0 Å². The molecule has 1 aliphatic carbocycles. The number of allylic oxidation sites excluding steroid dienone is 3. The second-order valence-corrected chi connectivity index (χ2v) is 5.82. The summed E-state index contributed by atoms with van der Waals surface area (Å²) in [4.78, 5) is 11.6. The van der Waals surface area contributed by atoms with Gasteiger partial charge in [0.15, 0.2) is 0 Å². The van der Waals surface area contributed by atoms with E-state index in [1.54, 1.807) is 0 Å². The van der Waals surface area contributed by atoms with Crippen molar-refractivity contribution in [2.24, 2.45) is 5.92 Å². The van der Waals surface area contributed by atoms with Crippen LogP contribution in [0, 0.1) is 5.92 Å². The molecule has 2 heteroatoms. The summed E-state index contributed by atoms with van der Waals surface area (Å²) < 4.78 is 5.04. The molecule has 0 bridgehead atoms. The number of unbranched alkanes of at least 4 members (excludes halogenated alkanes) is 2. The lowest BCUT2D eigenvalue weighted by atomic mass is 9.81. The molecule has 0 radical (unpaired) electrons. The molecule has 114 valence electrons. The number of carbonyl (C=O) groups excluding carboxylic acids is 1. The molecule has 0 N–H and O–H groups in total. The molecule has 0 aliphatic heterocycles. The first-order valence-corrected chi connectivity index (χ1v) is 8.18. The van der Waals surface area contributed by atoms with Gasteiger partial charge >= 0.3 is 5.97 Å². The van der Waals surface area contributed by atoms with Crippen LogP contribution in [-0.4, -0.2) is 12.6 Å². The van der Waals surface area contributed by atoms with Crippen molar-refractivity contribution in [1.82, 2.24) is 0 Å². The van der Waals surface area contributed by atoms with Crippen LogP contribution in [0.4, 0.5) is 0 Å². The molecule has 0 saturated carbocycles. The minimum Gasteiger partial charge on any atom is -0.463 e. The number of hydrogen-bond acceptors (Lipinski definition) is 2. The number of ether oxygens (including phenoxy) is 1. The number of hydrogen-bond donors (Lipinski definition) is 0. The second kappa shape index (κ2) is 8.99. The van der Waals surface area contributed by atoms with E-state index >= 15 is 0 Å². The van der Waals surface area contributed by atoms with Crippen LogP contribution in [0.3, 0.4) is 0 Å². The standard InChI is InChI=1S/C18H30O2/c1-5-8-9-10-15(6-2)11-16-12-17(13-16)14(4)18(19)20-7-3/h12,15H,5-11,13H2,1-4H3. The van der Waals surface area contributed by atoms with Crippen molar-refractivity contribution >= 4 is 5.97 Å².